The van der Waals surface area contributed by atoms with Crippen molar-refractivity contribution in [2.75, 3.05) is 5.32 Å². The number of aryl methyl sites for hydroxylation is 1. The van der Waals surface area contributed by atoms with Gasteiger partial charge in [-0.25, -0.2) is 5.43 Å². The Morgan fingerprint density at radius 3 is 2.59 bits per heavy atom. The highest BCUT2D eigenvalue weighted by atomic mass is 16.2. The third-order valence-electron chi connectivity index (χ3n) is 2.89. The number of nitrogens with one attached hydrogen (secondary N) is 2. The number of carbonyl (C=O) groups excluding carboxylic acids is 2. The van der Waals surface area contributed by atoms with Crippen LogP contribution in [0.25, 0.3) is 0 Å². The van der Waals surface area contributed by atoms with Crippen molar-refractivity contribution in [3.05, 3.63) is 59.9 Å². The average molecular weight is 296 g/mol. The first-order valence-corrected chi connectivity index (χ1v) is 6.82. The number of benzene rings is 1. The molecule has 0 fully saturated rings. The molecule has 1 aromatic heterocycles. The van der Waals surface area contributed by atoms with E-state index in [0.29, 0.717) is 5.69 Å². The van der Waals surface area contributed by atoms with Gasteiger partial charge in [0.25, 0.3) is 0 Å². The normalized spacial score (nSPS) is 10.4. The molecule has 0 aliphatic heterocycles. The lowest BCUT2D eigenvalue weighted by Gasteiger charge is -2.04. The number of rotatable bonds is 4. The van der Waals surface area contributed by atoms with E-state index in [1.54, 1.807) is 36.7 Å². The number of hydrogen-bond acceptors (Lipinski definition) is 4. The van der Waals surface area contributed by atoms with Crippen molar-refractivity contribution in [2.24, 2.45) is 5.10 Å². The summed E-state index contributed by atoms with van der Waals surface area (Å²) in [5.41, 5.74) is 4.60. The summed E-state index contributed by atoms with van der Waals surface area (Å²) in [6, 6.07) is 10.8. The van der Waals surface area contributed by atoms with Gasteiger partial charge in [0.2, 0.25) is 0 Å². The molecule has 0 atom stereocenters. The summed E-state index contributed by atoms with van der Waals surface area (Å²) in [5, 5.41) is 6.21. The zero-order chi connectivity index (χ0) is 15.8. The van der Waals surface area contributed by atoms with Gasteiger partial charge in [0, 0.05) is 23.6 Å². The summed E-state index contributed by atoms with van der Waals surface area (Å²) >= 11 is 0. The molecular formula is C16H16N4O2. The Kier molecular flexibility index (Phi) is 5.37. The fraction of sp³-hybridized carbons (Fsp3) is 0.125. The maximum Gasteiger partial charge on any atom is 0.329 e. The molecule has 6 nitrogen and oxygen atoms in total. The van der Waals surface area contributed by atoms with Gasteiger partial charge in [0.05, 0.1) is 6.21 Å². The van der Waals surface area contributed by atoms with E-state index < -0.39 is 11.8 Å². The van der Waals surface area contributed by atoms with Crippen LogP contribution in [0.3, 0.4) is 0 Å². The Morgan fingerprint density at radius 1 is 1.18 bits per heavy atom. The molecule has 0 bridgehead atoms. The number of amides is 2. The van der Waals surface area contributed by atoms with Crippen molar-refractivity contribution in [3.8, 4) is 0 Å². The van der Waals surface area contributed by atoms with Crippen LogP contribution in [0.2, 0.25) is 0 Å². The van der Waals surface area contributed by atoms with Crippen molar-refractivity contribution >= 4 is 23.7 Å². The molecule has 0 saturated heterocycles. The minimum atomic E-state index is -0.834. The molecule has 0 saturated carbocycles. The zero-order valence-corrected chi connectivity index (χ0v) is 12.1. The van der Waals surface area contributed by atoms with Crippen molar-refractivity contribution < 1.29 is 9.59 Å². The molecule has 0 aliphatic rings. The summed E-state index contributed by atoms with van der Waals surface area (Å²) < 4.78 is 0. The van der Waals surface area contributed by atoms with Crippen LogP contribution >= 0.6 is 0 Å². The van der Waals surface area contributed by atoms with Crippen LogP contribution in [0.4, 0.5) is 5.69 Å². The van der Waals surface area contributed by atoms with E-state index in [9.17, 15) is 9.59 Å². The Labute approximate surface area is 128 Å². The van der Waals surface area contributed by atoms with Gasteiger partial charge in [-0.1, -0.05) is 25.1 Å². The largest absolute Gasteiger partial charge is 0.329 e. The molecule has 0 spiro atoms. The molecular weight excluding hydrogens is 280 g/mol. The SMILES string of the molecule is CCc1ccc(NC(=O)C(=O)N/N=C\c2cccnc2)cc1. The predicted molar refractivity (Wildman–Crippen MR) is 84.4 cm³/mol. The second-order valence-electron chi connectivity index (χ2n) is 4.49. The van der Waals surface area contributed by atoms with Crippen molar-refractivity contribution in [3.63, 3.8) is 0 Å². The van der Waals surface area contributed by atoms with Crippen LogP contribution < -0.4 is 10.7 Å². The first-order valence-electron chi connectivity index (χ1n) is 6.82. The van der Waals surface area contributed by atoms with Gasteiger partial charge < -0.3 is 5.32 Å². The Balaban J connectivity index is 1.86. The summed E-state index contributed by atoms with van der Waals surface area (Å²) in [6.45, 7) is 2.04. The van der Waals surface area contributed by atoms with Gasteiger partial charge in [0.15, 0.2) is 0 Å². The summed E-state index contributed by atoms with van der Waals surface area (Å²) in [4.78, 5) is 27.2. The lowest BCUT2D eigenvalue weighted by molar-refractivity contribution is -0.136. The smallest absolute Gasteiger partial charge is 0.318 e. The fourth-order valence-corrected chi connectivity index (χ4v) is 1.68. The summed E-state index contributed by atoms with van der Waals surface area (Å²) in [5.74, 6) is -1.60. The van der Waals surface area contributed by atoms with Crippen molar-refractivity contribution in [1.82, 2.24) is 10.4 Å². The minimum absolute atomic E-state index is 0.564. The number of aromatic nitrogens is 1. The van der Waals surface area contributed by atoms with Crippen LogP contribution in [0.15, 0.2) is 53.9 Å². The van der Waals surface area contributed by atoms with Crippen LogP contribution in [0.1, 0.15) is 18.1 Å². The molecule has 1 heterocycles. The number of anilines is 1. The molecule has 6 heteroatoms. The van der Waals surface area contributed by atoms with Crippen LogP contribution in [0, 0.1) is 0 Å². The third kappa shape index (κ3) is 4.52. The molecule has 1 aromatic carbocycles. The maximum atomic E-state index is 11.7. The van der Waals surface area contributed by atoms with Gasteiger partial charge in [-0.2, -0.15) is 5.10 Å². The highest BCUT2D eigenvalue weighted by Crippen LogP contribution is 2.09. The number of hydrogen-bond donors (Lipinski definition) is 2. The van der Waals surface area contributed by atoms with Gasteiger partial charge in [-0.3, -0.25) is 14.6 Å². The lowest BCUT2D eigenvalue weighted by Crippen LogP contribution is -2.32. The second-order valence-corrected chi connectivity index (χ2v) is 4.49. The summed E-state index contributed by atoms with van der Waals surface area (Å²) in [6.07, 6.45) is 5.55. The van der Waals surface area contributed by atoms with Crippen LogP contribution in [-0.4, -0.2) is 23.0 Å². The standard InChI is InChI=1S/C16H16N4O2/c1-2-12-5-7-14(8-6-12)19-15(21)16(22)20-18-11-13-4-3-9-17-10-13/h3-11H,2H2,1H3,(H,19,21)(H,20,22)/b18-11-. The molecule has 2 amide bonds. The maximum absolute atomic E-state index is 11.7. The number of carbonyl (C=O) groups is 2. The number of nitrogens with zero attached hydrogens (tertiary/aromatic N) is 2. The number of hydrazone groups is 1. The predicted octanol–water partition coefficient (Wildman–Crippen LogP) is 1.73. The highest BCUT2D eigenvalue weighted by Gasteiger charge is 2.12. The molecule has 2 N–H and O–H groups in total. The first kappa shape index (κ1) is 15.4. The van der Waals surface area contributed by atoms with E-state index in [1.165, 1.54) is 6.21 Å². The highest BCUT2D eigenvalue weighted by molar-refractivity contribution is 6.39. The molecule has 0 unspecified atom stereocenters. The van der Waals surface area contributed by atoms with E-state index in [0.717, 1.165) is 17.5 Å². The Hall–Kier alpha value is -3.02. The van der Waals surface area contributed by atoms with Gasteiger partial charge in [0.1, 0.15) is 0 Å². The first-order chi connectivity index (χ1) is 10.7. The quantitative estimate of drug-likeness (QED) is 0.512. The molecule has 112 valence electrons. The summed E-state index contributed by atoms with van der Waals surface area (Å²) in [7, 11) is 0. The van der Waals surface area contributed by atoms with E-state index >= 15 is 0 Å². The van der Waals surface area contributed by atoms with Crippen molar-refractivity contribution in [2.45, 2.75) is 13.3 Å². The molecule has 2 rings (SSSR count). The van der Waals surface area contributed by atoms with E-state index in [4.69, 9.17) is 0 Å². The lowest BCUT2D eigenvalue weighted by atomic mass is 10.1. The topological polar surface area (TPSA) is 83.5 Å². The van der Waals surface area contributed by atoms with E-state index in [1.807, 2.05) is 19.1 Å². The Bertz CT molecular complexity index is 666. The van der Waals surface area contributed by atoms with E-state index in [-0.39, 0.29) is 0 Å². The van der Waals surface area contributed by atoms with Gasteiger partial charge >= 0.3 is 11.8 Å². The fourth-order valence-electron chi connectivity index (χ4n) is 1.68. The molecule has 0 aliphatic carbocycles. The molecule has 0 radical (unpaired) electrons. The van der Waals surface area contributed by atoms with Gasteiger partial charge in [-0.15, -0.1) is 0 Å². The second kappa shape index (κ2) is 7.68. The zero-order valence-electron chi connectivity index (χ0n) is 12.1. The Morgan fingerprint density at radius 2 is 1.95 bits per heavy atom. The molecule has 22 heavy (non-hydrogen) atoms. The van der Waals surface area contributed by atoms with Crippen LogP contribution in [0.5, 0.6) is 0 Å². The average Bonchev–Trinajstić information content (AvgIpc) is 2.56. The molecule has 2 aromatic rings. The number of pyridine rings is 1. The van der Waals surface area contributed by atoms with Gasteiger partial charge in [-0.05, 0) is 30.2 Å². The minimum Gasteiger partial charge on any atom is -0.318 e. The van der Waals surface area contributed by atoms with Crippen molar-refractivity contribution in [1.29, 1.82) is 0 Å². The monoisotopic (exact) mass is 296 g/mol. The van der Waals surface area contributed by atoms with E-state index in [2.05, 4.69) is 20.8 Å². The third-order valence-corrected chi connectivity index (χ3v) is 2.89. The van der Waals surface area contributed by atoms with Crippen LogP contribution in [-0.2, 0) is 16.0 Å².